The van der Waals surface area contributed by atoms with E-state index in [0.29, 0.717) is 0 Å². The van der Waals surface area contributed by atoms with Gasteiger partial charge in [-0.25, -0.2) is 4.79 Å². The molecule has 2 aromatic rings. The first kappa shape index (κ1) is 26.2. The van der Waals surface area contributed by atoms with Crippen molar-refractivity contribution in [3.63, 3.8) is 0 Å². The highest BCUT2D eigenvalue weighted by molar-refractivity contribution is 5.73. The smallest absolute Gasteiger partial charge is 0.475 e. The highest BCUT2D eigenvalue weighted by atomic mass is 19.4. The Morgan fingerprint density at radius 2 is 1.65 bits per heavy atom. The Hall–Kier alpha value is -2.46. The van der Waals surface area contributed by atoms with Crippen molar-refractivity contribution in [2.24, 2.45) is 5.73 Å². The lowest BCUT2D eigenvalue weighted by molar-refractivity contribution is -0.192. The Labute approximate surface area is 197 Å². The lowest BCUT2D eigenvalue weighted by atomic mass is 10.00. The van der Waals surface area contributed by atoms with Gasteiger partial charge >= 0.3 is 12.1 Å². The topological polar surface area (TPSA) is 93.8 Å². The molecule has 1 fully saturated rings. The number of carbonyl (C=O) groups is 1. The summed E-state index contributed by atoms with van der Waals surface area (Å²) in [6.07, 6.45) is -1.95. The third kappa shape index (κ3) is 7.02. The summed E-state index contributed by atoms with van der Waals surface area (Å²) >= 11 is 0. The van der Waals surface area contributed by atoms with E-state index in [2.05, 4.69) is 66.8 Å². The van der Waals surface area contributed by atoms with Crippen LogP contribution in [-0.2, 0) is 14.3 Å². The van der Waals surface area contributed by atoms with Crippen LogP contribution in [0.2, 0.25) is 0 Å². The normalized spacial score (nSPS) is 22.3. The Morgan fingerprint density at radius 3 is 2.24 bits per heavy atom. The molecule has 0 radical (unpaired) electrons. The molecule has 4 unspecified atom stereocenters. The number of rotatable bonds is 6. The van der Waals surface area contributed by atoms with Crippen LogP contribution < -0.4 is 11.1 Å². The molecule has 1 aliphatic carbocycles. The van der Waals surface area contributed by atoms with E-state index < -0.39 is 12.1 Å². The Bertz CT molecular complexity index is 920. The maximum atomic E-state index is 10.6. The summed E-state index contributed by atoms with van der Waals surface area (Å²) in [5, 5.41) is 10.9. The van der Waals surface area contributed by atoms with E-state index in [-0.39, 0.29) is 30.3 Å². The number of nitrogens with one attached hydrogen (secondary N) is 1. The average Bonchev–Trinajstić information content (AvgIpc) is 3.14. The van der Waals surface area contributed by atoms with Gasteiger partial charge in [0, 0.05) is 31.3 Å². The molecule has 0 aromatic heterocycles. The molecule has 186 valence electrons. The molecule has 1 aliphatic heterocycles. The minimum atomic E-state index is -5.08. The van der Waals surface area contributed by atoms with E-state index >= 15 is 0 Å². The molecule has 4 atom stereocenters. The summed E-state index contributed by atoms with van der Waals surface area (Å²) in [6, 6.07) is 19.6. The van der Waals surface area contributed by atoms with Crippen molar-refractivity contribution in [3.05, 3.63) is 71.3 Å². The number of nitrogens with two attached hydrogens (primary N) is 1. The second-order valence-electron chi connectivity index (χ2n) is 8.56. The van der Waals surface area contributed by atoms with Crippen LogP contribution in [0.15, 0.2) is 54.6 Å². The minimum absolute atomic E-state index is 0.0123. The summed E-state index contributed by atoms with van der Waals surface area (Å²) in [7, 11) is 0. The molecular weight excluding hydrogens is 449 g/mol. The first-order valence-corrected chi connectivity index (χ1v) is 11.4. The van der Waals surface area contributed by atoms with Crippen LogP contribution in [0.5, 0.6) is 0 Å². The van der Waals surface area contributed by atoms with E-state index in [1.807, 2.05) is 0 Å². The number of alkyl halides is 3. The summed E-state index contributed by atoms with van der Waals surface area (Å²) in [6.45, 7) is 3.81. The predicted octanol–water partition coefficient (Wildman–Crippen LogP) is 4.68. The number of halogens is 3. The van der Waals surface area contributed by atoms with Crippen LogP contribution in [0.25, 0.3) is 0 Å². The van der Waals surface area contributed by atoms with Crippen molar-refractivity contribution in [3.8, 4) is 0 Å². The standard InChI is InChI=1S/C23H30N2O2.C2HF3O2/c1-16(25-22-15-21(24)19-9-5-6-10-20(19)22)23(17-7-3-2-4-8-17)27-18-11-13-26-14-12-18;3-2(4,5)1(6)7/h2-10,16,18,21-23,25H,11-15,24H2,1H3;(H,6,7). The van der Waals surface area contributed by atoms with Gasteiger partial charge in [-0.1, -0.05) is 54.6 Å². The maximum absolute atomic E-state index is 10.6. The Kier molecular flexibility index (Phi) is 9.07. The first-order chi connectivity index (χ1) is 16.2. The zero-order valence-corrected chi connectivity index (χ0v) is 19.0. The van der Waals surface area contributed by atoms with Crippen molar-refractivity contribution in [2.75, 3.05) is 13.2 Å². The number of ether oxygens (including phenoxy) is 2. The van der Waals surface area contributed by atoms with Crippen LogP contribution in [0.3, 0.4) is 0 Å². The molecule has 9 heteroatoms. The van der Waals surface area contributed by atoms with Crippen molar-refractivity contribution >= 4 is 5.97 Å². The fourth-order valence-electron chi connectivity index (χ4n) is 4.38. The molecule has 4 N–H and O–H groups in total. The quantitative estimate of drug-likeness (QED) is 0.556. The zero-order chi connectivity index (χ0) is 24.7. The van der Waals surface area contributed by atoms with E-state index in [1.54, 1.807) is 0 Å². The molecule has 1 heterocycles. The maximum Gasteiger partial charge on any atom is 0.490 e. The molecule has 34 heavy (non-hydrogen) atoms. The lowest BCUT2D eigenvalue weighted by Crippen LogP contribution is -2.38. The number of carboxylic acid groups (broad SMARTS) is 1. The second-order valence-corrected chi connectivity index (χ2v) is 8.56. The van der Waals surface area contributed by atoms with Gasteiger partial charge in [-0.15, -0.1) is 0 Å². The fraction of sp³-hybridized carbons (Fsp3) is 0.480. The van der Waals surface area contributed by atoms with Crippen molar-refractivity contribution in [1.82, 2.24) is 5.32 Å². The number of carboxylic acids is 1. The van der Waals surface area contributed by atoms with Gasteiger partial charge in [0.25, 0.3) is 0 Å². The van der Waals surface area contributed by atoms with E-state index in [1.165, 1.54) is 16.7 Å². The number of hydrogen-bond donors (Lipinski definition) is 3. The van der Waals surface area contributed by atoms with E-state index in [4.69, 9.17) is 25.1 Å². The molecule has 6 nitrogen and oxygen atoms in total. The van der Waals surface area contributed by atoms with Crippen LogP contribution in [0.1, 0.15) is 61.1 Å². The van der Waals surface area contributed by atoms with Crippen LogP contribution in [0, 0.1) is 0 Å². The van der Waals surface area contributed by atoms with Gasteiger partial charge in [0.1, 0.15) is 0 Å². The lowest BCUT2D eigenvalue weighted by Gasteiger charge is -2.33. The molecule has 0 saturated carbocycles. The molecular formula is C25H31F3N2O4. The highest BCUT2D eigenvalue weighted by Gasteiger charge is 2.38. The summed E-state index contributed by atoms with van der Waals surface area (Å²) in [4.78, 5) is 8.90. The first-order valence-electron chi connectivity index (χ1n) is 11.4. The molecule has 2 aromatic carbocycles. The van der Waals surface area contributed by atoms with Gasteiger partial charge in [0.2, 0.25) is 0 Å². The predicted molar refractivity (Wildman–Crippen MR) is 121 cm³/mol. The Balaban J connectivity index is 0.000000406. The largest absolute Gasteiger partial charge is 0.490 e. The van der Waals surface area contributed by atoms with E-state index in [9.17, 15) is 13.2 Å². The number of hydrogen-bond acceptors (Lipinski definition) is 5. The van der Waals surface area contributed by atoms with Gasteiger partial charge in [-0.2, -0.15) is 13.2 Å². The summed E-state index contributed by atoms with van der Waals surface area (Å²) in [5.41, 5.74) is 10.2. The van der Waals surface area contributed by atoms with Gasteiger partial charge in [-0.3, -0.25) is 0 Å². The van der Waals surface area contributed by atoms with Crippen LogP contribution in [0.4, 0.5) is 13.2 Å². The van der Waals surface area contributed by atoms with Crippen LogP contribution in [-0.4, -0.2) is 42.6 Å². The Morgan fingerprint density at radius 1 is 1.09 bits per heavy atom. The fourth-order valence-corrected chi connectivity index (χ4v) is 4.38. The van der Waals surface area contributed by atoms with Crippen molar-refractivity contribution in [2.45, 2.75) is 62.7 Å². The third-order valence-corrected chi connectivity index (χ3v) is 6.06. The van der Waals surface area contributed by atoms with Gasteiger partial charge in [0.05, 0.1) is 12.2 Å². The summed E-state index contributed by atoms with van der Waals surface area (Å²) in [5.74, 6) is -2.76. The van der Waals surface area contributed by atoms with Gasteiger partial charge in [-0.05, 0) is 42.9 Å². The van der Waals surface area contributed by atoms with Crippen molar-refractivity contribution in [1.29, 1.82) is 0 Å². The highest BCUT2D eigenvalue weighted by Crippen LogP contribution is 2.38. The minimum Gasteiger partial charge on any atom is -0.475 e. The molecule has 2 aliphatic rings. The number of fused-ring (bicyclic) bond motifs is 1. The third-order valence-electron chi connectivity index (χ3n) is 6.06. The zero-order valence-electron chi connectivity index (χ0n) is 19.0. The summed E-state index contributed by atoms with van der Waals surface area (Å²) < 4.78 is 43.8. The SMILES string of the molecule is CC(NC1CC(N)c2ccccc21)C(OC1CCOCC1)c1ccccc1.O=C(O)C(F)(F)F. The van der Waals surface area contributed by atoms with Gasteiger partial charge in [0.15, 0.2) is 0 Å². The van der Waals surface area contributed by atoms with Gasteiger partial charge < -0.3 is 25.6 Å². The number of aliphatic carboxylic acids is 1. The second kappa shape index (κ2) is 11.8. The molecule has 1 saturated heterocycles. The van der Waals surface area contributed by atoms with Crippen LogP contribution >= 0.6 is 0 Å². The molecule has 4 rings (SSSR count). The van der Waals surface area contributed by atoms with Crippen molar-refractivity contribution < 1.29 is 32.5 Å². The van der Waals surface area contributed by atoms with E-state index in [0.717, 1.165) is 32.5 Å². The average molecular weight is 481 g/mol. The monoisotopic (exact) mass is 480 g/mol. The molecule has 0 amide bonds. The molecule has 0 bridgehead atoms. The molecule has 0 spiro atoms. The number of benzene rings is 2.